The SMILES string of the molecule is CCCc1cc(CC)cc(C(Nc2ccc(C(=N)N)cc2)C(=O)O)c1OCC1CCCCC1. The highest BCUT2D eigenvalue weighted by Crippen LogP contribution is 2.35. The van der Waals surface area contributed by atoms with E-state index < -0.39 is 12.0 Å². The summed E-state index contributed by atoms with van der Waals surface area (Å²) in [5, 5.41) is 20.9. The number of carboxylic acids is 1. The molecule has 3 rings (SSSR count). The van der Waals surface area contributed by atoms with Gasteiger partial charge in [0, 0.05) is 16.8 Å². The van der Waals surface area contributed by atoms with Gasteiger partial charge in [0.15, 0.2) is 6.04 Å². The molecule has 0 spiro atoms. The lowest BCUT2D eigenvalue weighted by Crippen LogP contribution is -2.23. The summed E-state index contributed by atoms with van der Waals surface area (Å²) in [6.07, 6.45) is 8.77. The zero-order valence-electron chi connectivity index (χ0n) is 19.8. The van der Waals surface area contributed by atoms with Crippen molar-refractivity contribution in [2.24, 2.45) is 11.7 Å². The molecule has 33 heavy (non-hydrogen) atoms. The first-order valence-corrected chi connectivity index (χ1v) is 12.1. The lowest BCUT2D eigenvalue weighted by atomic mass is 9.90. The quantitative estimate of drug-likeness (QED) is 0.259. The van der Waals surface area contributed by atoms with Gasteiger partial charge < -0.3 is 20.9 Å². The summed E-state index contributed by atoms with van der Waals surface area (Å²) in [6.45, 7) is 4.85. The first kappa shape index (κ1) is 24.6. The predicted molar refractivity (Wildman–Crippen MR) is 133 cm³/mol. The van der Waals surface area contributed by atoms with E-state index in [2.05, 4.69) is 25.2 Å². The van der Waals surface area contributed by atoms with Gasteiger partial charge in [-0.15, -0.1) is 0 Å². The van der Waals surface area contributed by atoms with Gasteiger partial charge in [0.25, 0.3) is 0 Å². The Hall–Kier alpha value is -3.02. The molecule has 1 saturated carbocycles. The van der Waals surface area contributed by atoms with E-state index in [1.165, 1.54) is 32.1 Å². The van der Waals surface area contributed by atoms with Gasteiger partial charge in [-0.25, -0.2) is 4.79 Å². The van der Waals surface area contributed by atoms with Gasteiger partial charge in [-0.05, 0) is 73.1 Å². The second-order valence-electron chi connectivity index (χ2n) is 9.00. The summed E-state index contributed by atoms with van der Waals surface area (Å²) in [7, 11) is 0. The number of amidine groups is 1. The monoisotopic (exact) mass is 451 g/mol. The van der Waals surface area contributed by atoms with Crippen LogP contribution in [0.1, 0.15) is 80.7 Å². The maximum atomic E-state index is 12.4. The minimum Gasteiger partial charge on any atom is -0.493 e. The fourth-order valence-electron chi connectivity index (χ4n) is 4.57. The number of nitrogens with one attached hydrogen (secondary N) is 2. The summed E-state index contributed by atoms with van der Waals surface area (Å²) in [5.74, 6) is 0.278. The Balaban J connectivity index is 1.96. The summed E-state index contributed by atoms with van der Waals surface area (Å²) < 4.78 is 6.43. The maximum absolute atomic E-state index is 12.4. The van der Waals surface area contributed by atoms with E-state index in [4.69, 9.17) is 15.9 Å². The highest BCUT2D eigenvalue weighted by Gasteiger charge is 2.27. The molecule has 0 bridgehead atoms. The van der Waals surface area contributed by atoms with Crippen molar-refractivity contribution in [3.8, 4) is 5.75 Å². The highest BCUT2D eigenvalue weighted by atomic mass is 16.5. The number of carboxylic acid groups (broad SMARTS) is 1. The van der Waals surface area contributed by atoms with E-state index in [0.29, 0.717) is 29.3 Å². The number of hydrogen-bond acceptors (Lipinski definition) is 4. The van der Waals surface area contributed by atoms with Crippen LogP contribution in [0.2, 0.25) is 0 Å². The van der Waals surface area contributed by atoms with E-state index in [1.54, 1.807) is 24.3 Å². The van der Waals surface area contributed by atoms with Gasteiger partial charge in [-0.2, -0.15) is 0 Å². The summed E-state index contributed by atoms with van der Waals surface area (Å²) in [5.41, 5.74) is 9.68. The molecule has 0 radical (unpaired) electrons. The molecule has 0 aromatic heterocycles. The Morgan fingerprint density at radius 2 is 1.88 bits per heavy atom. The van der Waals surface area contributed by atoms with Crippen molar-refractivity contribution in [3.05, 3.63) is 58.7 Å². The van der Waals surface area contributed by atoms with Crippen molar-refractivity contribution in [1.82, 2.24) is 0 Å². The van der Waals surface area contributed by atoms with E-state index in [0.717, 1.165) is 36.1 Å². The van der Waals surface area contributed by atoms with E-state index >= 15 is 0 Å². The second kappa shape index (κ2) is 11.7. The van der Waals surface area contributed by atoms with Crippen molar-refractivity contribution in [2.45, 2.75) is 71.3 Å². The number of aliphatic carboxylic acids is 1. The van der Waals surface area contributed by atoms with Crippen molar-refractivity contribution >= 4 is 17.5 Å². The number of benzene rings is 2. The minimum absolute atomic E-state index is 0.0189. The fourth-order valence-corrected chi connectivity index (χ4v) is 4.57. The molecule has 5 N–H and O–H groups in total. The summed E-state index contributed by atoms with van der Waals surface area (Å²) in [4.78, 5) is 12.4. The molecule has 1 fully saturated rings. The first-order chi connectivity index (χ1) is 15.9. The van der Waals surface area contributed by atoms with Crippen LogP contribution in [0.25, 0.3) is 0 Å². The van der Waals surface area contributed by atoms with Crippen molar-refractivity contribution in [3.63, 3.8) is 0 Å². The Morgan fingerprint density at radius 3 is 2.45 bits per heavy atom. The molecule has 1 atom stereocenters. The van der Waals surface area contributed by atoms with Crippen molar-refractivity contribution in [2.75, 3.05) is 11.9 Å². The van der Waals surface area contributed by atoms with Crippen LogP contribution in [0, 0.1) is 11.3 Å². The second-order valence-corrected chi connectivity index (χ2v) is 9.00. The van der Waals surface area contributed by atoms with Crippen LogP contribution in [0.3, 0.4) is 0 Å². The number of aryl methyl sites for hydroxylation is 2. The number of hydrogen-bond donors (Lipinski definition) is 4. The smallest absolute Gasteiger partial charge is 0.330 e. The van der Waals surface area contributed by atoms with Crippen LogP contribution in [-0.4, -0.2) is 23.5 Å². The molecule has 1 aliphatic carbocycles. The molecule has 0 aliphatic heterocycles. The normalized spacial score (nSPS) is 15.1. The van der Waals surface area contributed by atoms with Crippen LogP contribution in [0.5, 0.6) is 5.75 Å². The average Bonchev–Trinajstić information content (AvgIpc) is 2.82. The summed E-state index contributed by atoms with van der Waals surface area (Å²) in [6, 6.07) is 10.1. The average molecular weight is 452 g/mol. The molecule has 178 valence electrons. The van der Waals surface area contributed by atoms with Gasteiger partial charge in [-0.1, -0.05) is 45.6 Å². The maximum Gasteiger partial charge on any atom is 0.330 e. The Bertz CT molecular complexity index is 950. The Labute approximate surface area is 197 Å². The third-order valence-corrected chi connectivity index (χ3v) is 6.43. The number of carbonyl (C=O) groups is 1. The molecular weight excluding hydrogens is 414 g/mol. The van der Waals surface area contributed by atoms with Crippen LogP contribution in [0.15, 0.2) is 36.4 Å². The highest BCUT2D eigenvalue weighted by molar-refractivity contribution is 5.95. The third-order valence-electron chi connectivity index (χ3n) is 6.43. The van der Waals surface area contributed by atoms with E-state index in [-0.39, 0.29) is 5.84 Å². The molecule has 2 aromatic carbocycles. The number of anilines is 1. The number of rotatable bonds is 11. The predicted octanol–water partition coefficient (Wildman–Crippen LogP) is 5.68. The van der Waals surface area contributed by atoms with Crippen LogP contribution < -0.4 is 15.8 Å². The lowest BCUT2D eigenvalue weighted by Gasteiger charge is -2.26. The number of ether oxygens (including phenoxy) is 1. The Kier molecular flexibility index (Phi) is 8.75. The molecule has 2 aromatic rings. The Morgan fingerprint density at radius 1 is 1.18 bits per heavy atom. The first-order valence-electron chi connectivity index (χ1n) is 12.1. The molecule has 0 heterocycles. The standard InChI is InChI=1S/C27H37N3O3/c1-3-8-21-15-18(4-2)16-23(25(21)33-17-19-9-6-5-7-10-19)24(27(31)32)30-22-13-11-20(12-14-22)26(28)29/h11-16,19,24,30H,3-10,17H2,1-2H3,(H3,28,29)(H,31,32). The van der Waals surface area contributed by atoms with Crippen molar-refractivity contribution in [1.29, 1.82) is 5.41 Å². The topological polar surface area (TPSA) is 108 Å². The van der Waals surface area contributed by atoms with E-state index in [1.807, 2.05) is 6.07 Å². The zero-order chi connectivity index (χ0) is 23.8. The molecule has 1 aliphatic rings. The third kappa shape index (κ3) is 6.50. The van der Waals surface area contributed by atoms with E-state index in [9.17, 15) is 9.90 Å². The van der Waals surface area contributed by atoms with Crippen LogP contribution in [-0.2, 0) is 17.6 Å². The molecular formula is C27H37N3O3. The van der Waals surface area contributed by atoms with Gasteiger partial charge in [0.1, 0.15) is 11.6 Å². The van der Waals surface area contributed by atoms with Gasteiger partial charge in [0.05, 0.1) is 6.61 Å². The minimum atomic E-state index is -0.955. The molecule has 0 amide bonds. The van der Waals surface area contributed by atoms with Gasteiger partial charge in [0.2, 0.25) is 0 Å². The van der Waals surface area contributed by atoms with Gasteiger partial charge in [-0.3, -0.25) is 5.41 Å². The van der Waals surface area contributed by atoms with Crippen LogP contribution in [0.4, 0.5) is 5.69 Å². The van der Waals surface area contributed by atoms with Crippen molar-refractivity contribution < 1.29 is 14.6 Å². The van der Waals surface area contributed by atoms with Gasteiger partial charge >= 0.3 is 5.97 Å². The molecule has 6 nitrogen and oxygen atoms in total. The number of nitrogen functional groups attached to an aromatic ring is 1. The fraction of sp³-hybridized carbons (Fsp3) is 0.481. The number of nitrogens with two attached hydrogens (primary N) is 1. The lowest BCUT2D eigenvalue weighted by molar-refractivity contribution is -0.138. The molecule has 1 unspecified atom stereocenters. The zero-order valence-corrected chi connectivity index (χ0v) is 19.8. The molecule has 0 saturated heterocycles. The largest absolute Gasteiger partial charge is 0.493 e. The van der Waals surface area contributed by atoms with Crippen LogP contribution >= 0.6 is 0 Å². The molecule has 6 heteroatoms. The summed E-state index contributed by atoms with van der Waals surface area (Å²) >= 11 is 0.